The summed E-state index contributed by atoms with van der Waals surface area (Å²) in [6.45, 7) is 18.4. The number of rotatable bonds is 20. The fourth-order valence-electron chi connectivity index (χ4n) is 1.75. The van der Waals surface area contributed by atoms with E-state index in [0.717, 1.165) is 110 Å². The molecule has 0 aliphatic heterocycles. The predicted octanol–water partition coefficient (Wildman–Crippen LogP) is 6.53. The zero-order chi connectivity index (χ0) is 28.5. The molecule has 0 amide bonds. The van der Waals surface area contributed by atoms with E-state index in [1.165, 1.54) is 0 Å². The van der Waals surface area contributed by atoms with Crippen LogP contribution in [-0.4, -0.2) is 81.8 Å². The standard InChI is InChI=1S/4C4H10O.3C4H9O.Al.Hf/c7*1-2-3-4-5;;/h4*5H,2-4H2,1H3;3*2-4H2,1H3;;/q;;;;3*-1;+3;. The minimum Gasteiger partial charge on any atom is -0.454 e. The Morgan fingerprint density at radius 2 is 0.568 bits per heavy atom. The Labute approximate surface area is 256 Å². The van der Waals surface area contributed by atoms with Gasteiger partial charge < -0.3 is 31.8 Å². The van der Waals surface area contributed by atoms with E-state index in [-0.39, 0.29) is 25.8 Å². The van der Waals surface area contributed by atoms with Gasteiger partial charge in [0.15, 0.2) is 0 Å². The second kappa shape index (κ2) is 61.2. The monoisotopic (exact) mass is 722 g/mol. The molecule has 4 N–H and O–H groups in total. The van der Waals surface area contributed by atoms with Crippen molar-refractivity contribution in [1.82, 2.24) is 0 Å². The van der Waals surface area contributed by atoms with Gasteiger partial charge in [0.25, 0.3) is 0 Å². The van der Waals surface area contributed by atoms with E-state index in [2.05, 4.69) is 48.5 Å². The Kier molecular flexibility index (Phi) is 84.3. The SMILES string of the molecule is CCCCO.CCCCO.CCCCO.CCCCO.CCCC[O][Al]([O]CCCC)[O]CCCC.[Hf]. The molecule has 0 fully saturated rings. The van der Waals surface area contributed by atoms with Crippen LogP contribution in [0.4, 0.5) is 0 Å². The summed E-state index contributed by atoms with van der Waals surface area (Å²) in [6, 6.07) is 0. The van der Waals surface area contributed by atoms with Crippen LogP contribution in [0.2, 0.25) is 0 Å². The molecule has 0 aliphatic rings. The van der Waals surface area contributed by atoms with Crippen LogP contribution in [0, 0.1) is 0 Å². The number of hydrogen-bond donors (Lipinski definition) is 4. The molecule has 0 saturated carbocycles. The fraction of sp³-hybridized carbons (Fsp3) is 1.00. The second-order valence-corrected chi connectivity index (χ2v) is 9.85. The minimum atomic E-state index is -1.83. The van der Waals surface area contributed by atoms with Gasteiger partial charge in [-0.2, -0.15) is 0 Å². The van der Waals surface area contributed by atoms with E-state index < -0.39 is 15.1 Å². The smallest absolute Gasteiger partial charge is 0.454 e. The van der Waals surface area contributed by atoms with Crippen LogP contribution in [0.5, 0.6) is 0 Å². The van der Waals surface area contributed by atoms with Crippen molar-refractivity contribution in [2.45, 2.75) is 138 Å². The Bertz CT molecular complexity index is 239. The van der Waals surface area contributed by atoms with E-state index in [1.807, 2.05) is 0 Å². The maximum Gasteiger partial charge on any atom is 0.905 e. The molecular weight excluding hydrogens is 654 g/mol. The second-order valence-electron chi connectivity index (χ2n) is 8.27. The van der Waals surface area contributed by atoms with Crippen molar-refractivity contribution in [2.24, 2.45) is 0 Å². The van der Waals surface area contributed by atoms with E-state index in [4.69, 9.17) is 31.8 Å². The third-order valence-corrected chi connectivity index (χ3v) is 5.83. The fourth-order valence-corrected chi connectivity index (χ4v) is 3.11. The number of aliphatic hydroxyl groups is 4. The molecule has 0 rings (SSSR count). The van der Waals surface area contributed by atoms with Gasteiger partial charge in [-0.25, -0.2) is 0 Å². The minimum absolute atomic E-state index is 0. The predicted molar refractivity (Wildman–Crippen MR) is 156 cm³/mol. The summed E-state index contributed by atoms with van der Waals surface area (Å²) in [6.07, 6.45) is 14.9. The van der Waals surface area contributed by atoms with Crippen molar-refractivity contribution in [3.63, 3.8) is 0 Å². The molecule has 228 valence electrons. The molecule has 7 nitrogen and oxygen atoms in total. The van der Waals surface area contributed by atoms with Gasteiger partial charge in [0.1, 0.15) is 0 Å². The van der Waals surface area contributed by atoms with Crippen LogP contribution in [0.1, 0.15) is 138 Å². The molecule has 9 heteroatoms. The quantitative estimate of drug-likeness (QED) is 0.0837. The third kappa shape index (κ3) is 78.7. The molecule has 0 unspecified atom stereocenters. The summed E-state index contributed by atoms with van der Waals surface area (Å²) in [5, 5.41) is 32.3. The Morgan fingerprint density at radius 3 is 0.676 bits per heavy atom. The molecule has 0 aromatic carbocycles. The van der Waals surface area contributed by atoms with E-state index in [9.17, 15) is 0 Å². The summed E-state index contributed by atoms with van der Waals surface area (Å²) in [5.41, 5.74) is 0. The molecule has 0 atom stereocenters. The zero-order valence-corrected chi connectivity index (χ0v) is 30.7. The van der Waals surface area contributed by atoms with E-state index in [1.54, 1.807) is 0 Å². The van der Waals surface area contributed by atoms with E-state index in [0.29, 0.717) is 26.4 Å². The van der Waals surface area contributed by atoms with Crippen LogP contribution in [0.3, 0.4) is 0 Å². The van der Waals surface area contributed by atoms with Gasteiger partial charge in [-0.1, -0.05) is 93.4 Å². The molecule has 0 aromatic rings. The average molecular weight is 721 g/mol. The third-order valence-electron chi connectivity index (χ3n) is 4.30. The first-order chi connectivity index (χ1) is 17.5. The van der Waals surface area contributed by atoms with E-state index >= 15 is 0 Å². The van der Waals surface area contributed by atoms with Crippen LogP contribution < -0.4 is 0 Å². The van der Waals surface area contributed by atoms with Crippen LogP contribution in [0.25, 0.3) is 0 Å². The van der Waals surface area contributed by atoms with Gasteiger partial charge in [-0.05, 0) is 44.9 Å². The van der Waals surface area contributed by atoms with Crippen LogP contribution in [0.15, 0.2) is 0 Å². The Balaban J connectivity index is -0.0000000941. The largest absolute Gasteiger partial charge is 0.905 e. The summed E-state index contributed by atoms with van der Waals surface area (Å²) in [4.78, 5) is 0. The van der Waals surface area contributed by atoms with Gasteiger partial charge in [-0.15, -0.1) is 0 Å². The van der Waals surface area contributed by atoms with Gasteiger partial charge in [0.05, 0.1) is 0 Å². The van der Waals surface area contributed by atoms with Gasteiger partial charge in [0.2, 0.25) is 0 Å². The number of hydrogen-bond acceptors (Lipinski definition) is 7. The first-order valence-electron chi connectivity index (χ1n) is 14.8. The van der Waals surface area contributed by atoms with Crippen LogP contribution in [-0.2, 0) is 37.2 Å². The first kappa shape index (κ1) is 50.9. The number of aliphatic hydroxyl groups excluding tert-OH is 4. The zero-order valence-electron chi connectivity index (χ0n) is 25.9. The molecular formula is C28H67AlHfO7. The maximum atomic E-state index is 8.07. The molecule has 0 saturated heterocycles. The molecule has 0 heterocycles. The molecule has 0 aliphatic carbocycles. The molecule has 37 heavy (non-hydrogen) atoms. The van der Waals surface area contributed by atoms with Crippen molar-refractivity contribution >= 4 is 15.1 Å². The van der Waals surface area contributed by atoms with Crippen molar-refractivity contribution in [2.75, 3.05) is 46.2 Å². The normalized spacial score (nSPS) is 9.16. The van der Waals surface area contributed by atoms with Gasteiger partial charge >= 0.3 is 15.1 Å². The number of unbranched alkanes of at least 4 members (excludes halogenated alkanes) is 7. The van der Waals surface area contributed by atoms with Gasteiger partial charge in [-0.3, -0.25) is 0 Å². The van der Waals surface area contributed by atoms with Crippen molar-refractivity contribution in [3.05, 3.63) is 0 Å². The van der Waals surface area contributed by atoms with Gasteiger partial charge in [0, 0.05) is 72.1 Å². The first-order valence-corrected chi connectivity index (χ1v) is 16.2. The summed E-state index contributed by atoms with van der Waals surface area (Å²) < 4.78 is 17.0. The molecule has 0 aromatic heterocycles. The van der Waals surface area contributed by atoms with Crippen molar-refractivity contribution in [3.8, 4) is 0 Å². The summed E-state index contributed by atoms with van der Waals surface area (Å²) in [5.74, 6) is 0. The average Bonchev–Trinajstić information content (AvgIpc) is 2.88. The van der Waals surface area contributed by atoms with Crippen molar-refractivity contribution < 1.29 is 57.6 Å². The molecule has 0 radical (unpaired) electrons. The van der Waals surface area contributed by atoms with Crippen molar-refractivity contribution in [1.29, 1.82) is 0 Å². The van der Waals surface area contributed by atoms with Crippen LogP contribution >= 0.6 is 0 Å². The summed E-state index contributed by atoms with van der Waals surface area (Å²) >= 11 is -1.83. The molecule has 0 bridgehead atoms. The summed E-state index contributed by atoms with van der Waals surface area (Å²) in [7, 11) is 0. The molecule has 0 spiro atoms. The topological polar surface area (TPSA) is 109 Å². The Hall–Kier alpha value is 1.12. The Morgan fingerprint density at radius 1 is 0.378 bits per heavy atom. The maximum absolute atomic E-state index is 8.07.